The Labute approximate surface area is 170 Å². The third-order valence-electron chi connectivity index (χ3n) is 5.73. The van der Waals surface area contributed by atoms with E-state index < -0.39 is 17.5 Å². The average molecular weight is 394 g/mol. The smallest absolute Gasteiger partial charge is 0.325 e. The number of imide groups is 1. The maximum absolute atomic E-state index is 13.3. The van der Waals surface area contributed by atoms with Crippen LogP contribution >= 0.6 is 0 Å². The Kier molecular flexibility index (Phi) is 5.46. The molecular weight excluding hydrogens is 368 g/mol. The molecule has 1 aliphatic rings. The zero-order valence-corrected chi connectivity index (χ0v) is 17.5. The van der Waals surface area contributed by atoms with E-state index in [-0.39, 0.29) is 12.3 Å². The van der Waals surface area contributed by atoms with Gasteiger partial charge in [-0.15, -0.1) is 0 Å². The summed E-state index contributed by atoms with van der Waals surface area (Å²) in [7, 11) is 1.56. The number of rotatable bonds is 6. The van der Waals surface area contributed by atoms with Crippen LogP contribution in [0.2, 0.25) is 0 Å². The highest BCUT2D eigenvalue weighted by Gasteiger charge is 2.51. The van der Waals surface area contributed by atoms with Gasteiger partial charge in [-0.1, -0.05) is 25.1 Å². The Bertz CT molecular complexity index is 981. The number of benzene rings is 2. The number of amides is 3. The molecule has 1 N–H and O–H groups in total. The molecule has 0 bridgehead atoms. The minimum Gasteiger partial charge on any atom is -0.497 e. The van der Waals surface area contributed by atoms with Crippen molar-refractivity contribution < 1.29 is 19.1 Å². The summed E-state index contributed by atoms with van der Waals surface area (Å²) in [4.78, 5) is 39.8. The predicted molar refractivity (Wildman–Crippen MR) is 110 cm³/mol. The minimum atomic E-state index is -1.18. The summed E-state index contributed by atoms with van der Waals surface area (Å²) in [5, 5.41) is 2.81. The molecule has 0 aliphatic carbocycles. The Hall–Kier alpha value is -3.15. The minimum absolute atomic E-state index is 0.254. The second-order valence-electron chi connectivity index (χ2n) is 7.48. The number of ketones is 1. The van der Waals surface area contributed by atoms with Crippen LogP contribution in [0.1, 0.15) is 46.0 Å². The normalized spacial score (nSPS) is 18.7. The third kappa shape index (κ3) is 3.50. The molecule has 0 spiro atoms. The van der Waals surface area contributed by atoms with Crippen molar-refractivity contribution in [2.75, 3.05) is 13.7 Å². The highest BCUT2D eigenvalue weighted by molar-refractivity contribution is 6.11. The second kappa shape index (κ2) is 7.70. The van der Waals surface area contributed by atoms with Gasteiger partial charge in [0.15, 0.2) is 5.78 Å². The van der Waals surface area contributed by atoms with E-state index in [0.29, 0.717) is 23.3 Å². The van der Waals surface area contributed by atoms with Gasteiger partial charge in [0.25, 0.3) is 5.91 Å². The van der Waals surface area contributed by atoms with Gasteiger partial charge in [-0.05, 0) is 67.6 Å². The number of carbonyl (C=O) groups excluding carboxylic acids is 3. The van der Waals surface area contributed by atoms with E-state index >= 15 is 0 Å². The molecule has 0 saturated carbocycles. The summed E-state index contributed by atoms with van der Waals surface area (Å²) in [6.45, 7) is 7.33. The third-order valence-corrected chi connectivity index (χ3v) is 5.73. The molecule has 1 unspecified atom stereocenters. The van der Waals surface area contributed by atoms with Crippen molar-refractivity contribution in [1.82, 2.24) is 10.2 Å². The van der Waals surface area contributed by atoms with E-state index in [1.54, 1.807) is 31.4 Å². The fourth-order valence-electron chi connectivity index (χ4n) is 3.77. The van der Waals surface area contributed by atoms with Crippen LogP contribution in [0.15, 0.2) is 36.4 Å². The number of ether oxygens (including phenoxy) is 1. The first kappa shape index (κ1) is 20.6. The first-order valence-electron chi connectivity index (χ1n) is 9.63. The molecule has 1 fully saturated rings. The van der Waals surface area contributed by atoms with Gasteiger partial charge in [0.05, 0.1) is 13.7 Å². The lowest BCUT2D eigenvalue weighted by molar-refractivity contribution is -0.131. The van der Waals surface area contributed by atoms with Crippen LogP contribution in [0.5, 0.6) is 5.75 Å². The fraction of sp³-hybridized carbons (Fsp3) is 0.348. The standard InChI is InChI=1S/C23H26N2O4/c1-6-23(17-7-9-18(29-5)10-8-17)21(27)25(22(28)24-23)13-20(26)19-12-15(3)14(2)11-16(19)4/h7-12H,6,13H2,1-5H3,(H,24,28). The SMILES string of the molecule is CCC1(c2ccc(OC)cc2)NC(=O)N(CC(=O)c2cc(C)c(C)cc2C)C1=O. The van der Waals surface area contributed by atoms with Crippen molar-refractivity contribution in [1.29, 1.82) is 0 Å². The highest BCUT2D eigenvalue weighted by atomic mass is 16.5. The van der Waals surface area contributed by atoms with Crippen molar-refractivity contribution in [2.45, 2.75) is 39.7 Å². The largest absolute Gasteiger partial charge is 0.497 e. The number of nitrogens with one attached hydrogen (secondary N) is 1. The van der Waals surface area contributed by atoms with Crippen molar-refractivity contribution in [3.8, 4) is 5.75 Å². The Morgan fingerprint density at radius 2 is 1.66 bits per heavy atom. The van der Waals surface area contributed by atoms with Crippen molar-refractivity contribution in [2.24, 2.45) is 0 Å². The number of urea groups is 1. The van der Waals surface area contributed by atoms with Gasteiger partial charge in [0, 0.05) is 5.56 Å². The van der Waals surface area contributed by atoms with Crippen LogP contribution < -0.4 is 10.1 Å². The number of methoxy groups -OCH3 is 1. The van der Waals surface area contributed by atoms with Crippen LogP contribution in [0.25, 0.3) is 0 Å². The molecule has 6 heteroatoms. The number of carbonyl (C=O) groups is 3. The molecule has 3 amide bonds. The van der Waals surface area contributed by atoms with E-state index in [1.807, 2.05) is 39.8 Å². The molecule has 1 saturated heterocycles. The topological polar surface area (TPSA) is 75.7 Å². The maximum atomic E-state index is 13.3. The Morgan fingerprint density at radius 1 is 1.03 bits per heavy atom. The maximum Gasteiger partial charge on any atom is 0.325 e. The van der Waals surface area contributed by atoms with E-state index in [2.05, 4.69) is 5.32 Å². The summed E-state index contributed by atoms with van der Waals surface area (Å²) in [6.07, 6.45) is 0.372. The summed E-state index contributed by atoms with van der Waals surface area (Å²) in [5.41, 5.74) is 2.95. The Morgan fingerprint density at radius 3 is 2.24 bits per heavy atom. The Balaban J connectivity index is 1.89. The number of hydrogen-bond donors (Lipinski definition) is 1. The van der Waals surface area contributed by atoms with Crippen LogP contribution in [-0.2, 0) is 10.3 Å². The molecule has 0 radical (unpaired) electrons. The van der Waals surface area contributed by atoms with Crippen molar-refractivity contribution >= 4 is 17.7 Å². The van der Waals surface area contributed by atoms with E-state index in [1.165, 1.54) is 0 Å². The van der Waals surface area contributed by atoms with E-state index in [9.17, 15) is 14.4 Å². The van der Waals surface area contributed by atoms with E-state index in [0.717, 1.165) is 21.6 Å². The van der Waals surface area contributed by atoms with E-state index in [4.69, 9.17) is 4.74 Å². The van der Waals surface area contributed by atoms with Crippen LogP contribution in [0.3, 0.4) is 0 Å². The van der Waals surface area contributed by atoms with Crippen molar-refractivity contribution in [3.05, 3.63) is 64.2 Å². The zero-order chi connectivity index (χ0) is 21.3. The van der Waals surface area contributed by atoms with Gasteiger partial charge >= 0.3 is 6.03 Å². The van der Waals surface area contributed by atoms with Gasteiger partial charge < -0.3 is 10.1 Å². The molecule has 29 heavy (non-hydrogen) atoms. The molecular formula is C23H26N2O4. The van der Waals surface area contributed by atoms with Crippen LogP contribution in [-0.4, -0.2) is 36.3 Å². The van der Waals surface area contributed by atoms with Gasteiger partial charge in [-0.2, -0.15) is 0 Å². The van der Waals surface area contributed by atoms with Gasteiger partial charge in [0.2, 0.25) is 0 Å². The van der Waals surface area contributed by atoms with Crippen LogP contribution in [0.4, 0.5) is 4.79 Å². The molecule has 6 nitrogen and oxygen atoms in total. The lowest BCUT2D eigenvalue weighted by Gasteiger charge is -2.26. The monoisotopic (exact) mass is 394 g/mol. The fourth-order valence-corrected chi connectivity index (χ4v) is 3.77. The number of aryl methyl sites for hydroxylation is 3. The van der Waals surface area contributed by atoms with Gasteiger partial charge in [-0.3, -0.25) is 14.5 Å². The average Bonchev–Trinajstić information content (AvgIpc) is 2.95. The lowest BCUT2D eigenvalue weighted by atomic mass is 9.87. The molecule has 1 atom stereocenters. The highest BCUT2D eigenvalue weighted by Crippen LogP contribution is 2.33. The second-order valence-corrected chi connectivity index (χ2v) is 7.48. The first-order valence-corrected chi connectivity index (χ1v) is 9.63. The predicted octanol–water partition coefficient (Wildman–Crippen LogP) is 3.66. The number of Topliss-reactive ketones (excluding diaryl/α,β-unsaturated/α-hetero) is 1. The van der Waals surface area contributed by atoms with Gasteiger partial charge in [-0.25, -0.2) is 4.79 Å². The summed E-state index contributed by atoms with van der Waals surface area (Å²) in [5.74, 6) is -0.00485. The molecule has 2 aromatic rings. The van der Waals surface area contributed by atoms with Crippen LogP contribution in [0, 0.1) is 20.8 Å². The summed E-state index contributed by atoms with van der Waals surface area (Å²) >= 11 is 0. The molecule has 152 valence electrons. The molecule has 3 rings (SSSR count). The lowest BCUT2D eigenvalue weighted by Crippen LogP contribution is -2.43. The molecule has 1 heterocycles. The summed E-state index contributed by atoms with van der Waals surface area (Å²) < 4.78 is 5.17. The molecule has 1 aliphatic heterocycles. The van der Waals surface area contributed by atoms with Gasteiger partial charge in [0.1, 0.15) is 11.3 Å². The number of hydrogen-bond acceptors (Lipinski definition) is 4. The number of nitrogens with zero attached hydrogens (tertiary/aromatic N) is 1. The molecule has 2 aromatic carbocycles. The zero-order valence-electron chi connectivity index (χ0n) is 17.5. The summed E-state index contributed by atoms with van der Waals surface area (Å²) in [6, 6.07) is 10.2. The quantitative estimate of drug-likeness (QED) is 0.599. The first-order chi connectivity index (χ1) is 13.7. The molecule has 0 aromatic heterocycles. The van der Waals surface area contributed by atoms with Crippen molar-refractivity contribution in [3.63, 3.8) is 0 Å².